The Bertz CT molecular complexity index is 808. The summed E-state index contributed by atoms with van der Waals surface area (Å²) in [4.78, 5) is 28.4. The minimum absolute atomic E-state index is 0.0201. The molecule has 1 saturated heterocycles. The number of sulfonamides is 1. The number of benzene rings is 1. The minimum atomic E-state index is -3.70. The molecule has 1 aliphatic heterocycles. The van der Waals surface area contributed by atoms with Gasteiger partial charge in [0.1, 0.15) is 0 Å². The summed E-state index contributed by atoms with van der Waals surface area (Å²) in [5.41, 5.74) is 0. The van der Waals surface area contributed by atoms with E-state index in [1.54, 1.807) is 21.9 Å². The highest BCUT2D eigenvalue weighted by molar-refractivity contribution is 7.89. The molecule has 1 fully saturated rings. The summed E-state index contributed by atoms with van der Waals surface area (Å²) in [5, 5.41) is 0.335. The number of piperidine rings is 1. The minimum Gasteiger partial charge on any atom is -0.346 e. The molecule has 1 heterocycles. The van der Waals surface area contributed by atoms with Crippen LogP contribution in [0.4, 0.5) is 0 Å². The Morgan fingerprint density at radius 1 is 1.28 bits per heavy atom. The van der Waals surface area contributed by atoms with E-state index in [0.29, 0.717) is 31.0 Å². The first-order chi connectivity index (χ1) is 13.7. The molecule has 0 radical (unpaired) electrons. The zero-order valence-electron chi connectivity index (χ0n) is 17.1. The van der Waals surface area contributed by atoms with Crippen molar-refractivity contribution in [3.63, 3.8) is 0 Å². The SMILES string of the molecule is CCCCN(C)C(=O)C1CCN(C(=O)CCNS(=O)(=O)c2cccc(Cl)c2)CC1. The molecule has 1 aromatic carbocycles. The summed E-state index contributed by atoms with van der Waals surface area (Å²) in [6.45, 7) is 3.93. The molecule has 2 rings (SSSR count). The summed E-state index contributed by atoms with van der Waals surface area (Å²) in [5.74, 6) is 0.00565. The van der Waals surface area contributed by atoms with E-state index in [2.05, 4.69) is 11.6 Å². The van der Waals surface area contributed by atoms with Crippen LogP contribution >= 0.6 is 11.6 Å². The van der Waals surface area contributed by atoms with Gasteiger partial charge in [0.05, 0.1) is 4.90 Å². The molecule has 1 aliphatic rings. The Kier molecular flexibility index (Phi) is 8.92. The normalized spacial score (nSPS) is 15.3. The number of carbonyl (C=O) groups excluding carboxylic acids is 2. The first-order valence-electron chi connectivity index (χ1n) is 10.0. The topological polar surface area (TPSA) is 86.8 Å². The van der Waals surface area contributed by atoms with Crippen molar-refractivity contribution < 1.29 is 18.0 Å². The molecule has 2 amide bonds. The molecule has 0 atom stereocenters. The van der Waals surface area contributed by atoms with E-state index in [9.17, 15) is 18.0 Å². The number of nitrogens with zero attached hydrogens (tertiary/aromatic N) is 2. The van der Waals surface area contributed by atoms with E-state index in [-0.39, 0.29) is 35.6 Å². The summed E-state index contributed by atoms with van der Waals surface area (Å²) in [6, 6.07) is 5.98. The molecule has 1 aromatic rings. The van der Waals surface area contributed by atoms with Gasteiger partial charge in [-0.25, -0.2) is 13.1 Å². The number of hydrogen-bond donors (Lipinski definition) is 1. The standard InChI is InChI=1S/C20H30ClN3O4S/c1-3-4-12-23(2)20(26)16-9-13-24(14-10-16)19(25)8-11-22-29(27,28)18-7-5-6-17(21)15-18/h5-7,15-16,22H,3-4,8-14H2,1-2H3. The van der Waals surface area contributed by atoms with Crippen LogP contribution in [0.2, 0.25) is 5.02 Å². The van der Waals surface area contributed by atoms with Crippen molar-refractivity contribution in [2.45, 2.75) is 43.9 Å². The van der Waals surface area contributed by atoms with Gasteiger partial charge in [-0.2, -0.15) is 0 Å². The first-order valence-corrected chi connectivity index (χ1v) is 11.9. The number of halogens is 1. The van der Waals surface area contributed by atoms with Crippen LogP contribution in [0.15, 0.2) is 29.2 Å². The summed E-state index contributed by atoms with van der Waals surface area (Å²) in [6.07, 6.45) is 3.41. The predicted molar refractivity (Wildman–Crippen MR) is 113 cm³/mol. The number of nitrogens with one attached hydrogen (secondary N) is 1. The number of amides is 2. The lowest BCUT2D eigenvalue weighted by Crippen LogP contribution is -2.44. The van der Waals surface area contributed by atoms with Crippen molar-refractivity contribution >= 4 is 33.4 Å². The summed E-state index contributed by atoms with van der Waals surface area (Å²) >= 11 is 5.84. The van der Waals surface area contributed by atoms with E-state index >= 15 is 0 Å². The molecule has 0 aromatic heterocycles. The number of unbranched alkanes of at least 4 members (excludes halogenated alkanes) is 1. The van der Waals surface area contributed by atoms with Gasteiger partial charge in [-0.05, 0) is 37.5 Å². The molecule has 0 spiro atoms. The number of likely N-dealkylation sites (tertiary alicyclic amines) is 1. The fourth-order valence-electron chi connectivity index (χ4n) is 3.36. The van der Waals surface area contributed by atoms with Crippen LogP contribution in [0.25, 0.3) is 0 Å². The Morgan fingerprint density at radius 3 is 2.59 bits per heavy atom. The van der Waals surface area contributed by atoms with Crippen LogP contribution in [0.5, 0.6) is 0 Å². The second-order valence-electron chi connectivity index (χ2n) is 7.37. The highest BCUT2D eigenvalue weighted by atomic mass is 35.5. The third-order valence-corrected chi connectivity index (χ3v) is 6.85. The van der Waals surface area contributed by atoms with Gasteiger partial charge in [0.2, 0.25) is 21.8 Å². The molecule has 162 valence electrons. The summed E-state index contributed by atoms with van der Waals surface area (Å²) < 4.78 is 27.0. The van der Waals surface area contributed by atoms with Crippen molar-refractivity contribution in [1.82, 2.24) is 14.5 Å². The third kappa shape index (κ3) is 6.97. The molecule has 9 heteroatoms. The van der Waals surface area contributed by atoms with Crippen LogP contribution < -0.4 is 4.72 Å². The fourth-order valence-corrected chi connectivity index (χ4v) is 4.69. The summed E-state index contributed by atoms with van der Waals surface area (Å²) in [7, 11) is -1.87. The molecular weight excluding hydrogens is 414 g/mol. The van der Waals surface area contributed by atoms with Crippen molar-refractivity contribution in [2.75, 3.05) is 33.2 Å². The van der Waals surface area contributed by atoms with E-state index in [4.69, 9.17) is 11.6 Å². The lowest BCUT2D eigenvalue weighted by molar-refractivity contribution is -0.139. The van der Waals surface area contributed by atoms with Gasteiger partial charge in [0, 0.05) is 50.6 Å². The van der Waals surface area contributed by atoms with Crippen LogP contribution in [-0.4, -0.2) is 63.3 Å². The maximum atomic E-state index is 12.5. The second kappa shape index (κ2) is 10.9. The average Bonchev–Trinajstić information content (AvgIpc) is 2.71. The monoisotopic (exact) mass is 443 g/mol. The predicted octanol–water partition coefficient (Wildman–Crippen LogP) is 2.51. The average molecular weight is 444 g/mol. The smallest absolute Gasteiger partial charge is 0.240 e. The Hall–Kier alpha value is -1.64. The van der Waals surface area contributed by atoms with E-state index < -0.39 is 10.0 Å². The van der Waals surface area contributed by atoms with E-state index in [1.807, 2.05) is 7.05 Å². The third-order valence-electron chi connectivity index (χ3n) is 5.16. The lowest BCUT2D eigenvalue weighted by atomic mass is 9.95. The van der Waals surface area contributed by atoms with Crippen LogP contribution in [0, 0.1) is 5.92 Å². The van der Waals surface area contributed by atoms with Gasteiger partial charge in [-0.1, -0.05) is 31.0 Å². The Labute approximate surface area is 178 Å². The first kappa shape index (κ1) is 23.6. The van der Waals surface area contributed by atoms with Gasteiger partial charge >= 0.3 is 0 Å². The highest BCUT2D eigenvalue weighted by Gasteiger charge is 2.29. The molecule has 29 heavy (non-hydrogen) atoms. The van der Waals surface area contributed by atoms with Gasteiger partial charge in [0.25, 0.3) is 0 Å². The number of carbonyl (C=O) groups is 2. The van der Waals surface area contributed by atoms with Crippen LogP contribution in [0.1, 0.15) is 39.0 Å². The largest absolute Gasteiger partial charge is 0.346 e. The lowest BCUT2D eigenvalue weighted by Gasteiger charge is -2.33. The number of hydrogen-bond acceptors (Lipinski definition) is 4. The Balaban J connectivity index is 1.76. The second-order valence-corrected chi connectivity index (χ2v) is 9.58. The zero-order valence-corrected chi connectivity index (χ0v) is 18.6. The number of rotatable bonds is 9. The molecule has 0 bridgehead atoms. The Morgan fingerprint density at radius 2 is 1.97 bits per heavy atom. The van der Waals surface area contributed by atoms with Gasteiger partial charge in [-0.15, -0.1) is 0 Å². The molecule has 0 aliphatic carbocycles. The van der Waals surface area contributed by atoms with Gasteiger partial charge in [-0.3, -0.25) is 9.59 Å². The van der Waals surface area contributed by atoms with Gasteiger partial charge < -0.3 is 9.80 Å². The molecule has 0 saturated carbocycles. The maximum absolute atomic E-state index is 12.5. The quantitative estimate of drug-likeness (QED) is 0.635. The zero-order chi connectivity index (χ0) is 21.4. The molecule has 7 nitrogen and oxygen atoms in total. The van der Waals surface area contributed by atoms with E-state index in [1.165, 1.54) is 12.1 Å². The molecule has 0 unspecified atom stereocenters. The van der Waals surface area contributed by atoms with Crippen molar-refractivity contribution in [3.8, 4) is 0 Å². The van der Waals surface area contributed by atoms with Crippen molar-refractivity contribution in [2.24, 2.45) is 5.92 Å². The van der Waals surface area contributed by atoms with Crippen LogP contribution in [-0.2, 0) is 19.6 Å². The van der Waals surface area contributed by atoms with Crippen molar-refractivity contribution in [1.29, 1.82) is 0 Å². The van der Waals surface area contributed by atoms with Crippen LogP contribution in [0.3, 0.4) is 0 Å². The fraction of sp³-hybridized carbons (Fsp3) is 0.600. The molecule has 1 N–H and O–H groups in total. The highest BCUT2D eigenvalue weighted by Crippen LogP contribution is 2.20. The van der Waals surface area contributed by atoms with E-state index in [0.717, 1.165) is 19.4 Å². The van der Waals surface area contributed by atoms with Gasteiger partial charge in [0.15, 0.2) is 0 Å². The maximum Gasteiger partial charge on any atom is 0.240 e. The van der Waals surface area contributed by atoms with Crippen molar-refractivity contribution in [3.05, 3.63) is 29.3 Å². The molecular formula is C20H30ClN3O4S.